The second kappa shape index (κ2) is 8.32. The van der Waals surface area contributed by atoms with Gasteiger partial charge in [0.2, 0.25) is 0 Å². The minimum Gasteiger partial charge on any atom is -0.444 e. The van der Waals surface area contributed by atoms with Crippen molar-refractivity contribution in [2.24, 2.45) is 0 Å². The lowest BCUT2D eigenvalue weighted by Gasteiger charge is -2.22. The molecule has 0 spiro atoms. The lowest BCUT2D eigenvalue weighted by atomic mass is 10.2. The molecule has 0 saturated carbocycles. The number of amides is 1. The van der Waals surface area contributed by atoms with Crippen molar-refractivity contribution in [2.75, 3.05) is 17.3 Å². The minimum atomic E-state index is -0.352. The second-order valence-corrected chi connectivity index (χ2v) is 4.95. The molecule has 0 aromatic heterocycles. The number of carbonyl (C=O) groups excluding carboxylic acids is 1. The number of alkyl halides is 1. The van der Waals surface area contributed by atoms with Gasteiger partial charge in [0.15, 0.2) is 0 Å². The van der Waals surface area contributed by atoms with Gasteiger partial charge >= 0.3 is 6.09 Å². The predicted octanol–water partition coefficient (Wildman–Crippen LogP) is 4.46. The Morgan fingerprint density at radius 2 is 1.62 bits per heavy atom. The largest absolute Gasteiger partial charge is 0.444 e. The number of carbonyl (C=O) groups is 1. The zero-order chi connectivity index (χ0) is 14.9. The van der Waals surface area contributed by atoms with Gasteiger partial charge in [0.25, 0.3) is 0 Å². The van der Waals surface area contributed by atoms with Gasteiger partial charge in [-0.2, -0.15) is 0 Å². The van der Waals surface area contributed by atoms with Gasteiger partial charge in [0.05, 0.1) is 0 Å². The number of nitrogens with zero attached hydrogens (tertiary/aromatic N) is 1. The van der Waals surface area contributed by atoms with E-state index in [1.807, 2.05) is 60.7 Å². The third-order valence-corrected chi connectivity index (χ3v) is 3.28. The molecule has 0 aliphatic carbocycles. The van der Waals surface area contributed by atoms with Crippen molar-refractivity contribution in [1.82, 2.24) is 0 Å². The molecule has 0 saturated heterocycles. The van der Waals surface area contributed by atoms with E-state index in [0.717, 1.165) is 17.7 Å². The van der Waals surface area contributed by atoms with Crippen molar-refractivity contribution >= 4 is 23.4 Å². The van der Waals surface area contributed by atoms with E-state index in [1.54, 1.807) is 4.90 Å². The monoisotopic (exact) mass is 303 g/mol. The highest BCUT2D eigenvalue weighted by Gasteiger charge is 2.16. The Labute approximate surface area is 130 Å². The maximum absolute atomic E-state index is 12.3. The van der Waals surface area contributed by atoms with E-state index in [4.69, 9.17) is 16.3 Å². The van der Waals surface area contributed by atoms with Gasteiger partial charge in [-0.1, -0.05) is 48.5 Å². The topological polar surface area (TPSA) is 29.5 Å². The van der Waals surface area contributed by atoms with Crippen molar-refractivity contribution in [3.05, 3.63) is 66.2 Å². The summed E-state index contributed by atoms with van der Waals surface area (Å²) in [6.45, 7) is 0.811. The van der Waals surface area contributed by atoms with Crippen molar-refractivity contribution in [3.63, 3.8) is 0 Å². The molecule has 0 aliphatic heterocycles. The first-order valence-corrected chi connectivity index (χ1v) is 7.44. The Balaban J connectivity index is 2.01. The molecule has 2 rings (SSSR count). The van der Waals surface area contributed by atoms with Gasteiger partial charge in [-0.05, 0) is 24.1 Å². The lowest BCUT2D eigenvalue weighted by molar-refractivity contribution is 0.147. The summed E-state index contributed by atoms with van der Waals surface area (Å²) in [6, 6.07) is 19.1. The van der Waals surface area contributed by atoms with Crippen LogP contribution in [0.1, 0.15) is 12.0 Å². The quantitative estimate of drug-likeness (QED) is 0.737. The van der Waals surface area contributed by atoms with Crippen LogP contribution in [0, 0.1) is 0 Å². The molecule has 2 aromatic carbocycles. The normalized spacial score (nSPS) is 10.1. The average Bonchev–Trinajstić information content (AvgIpc) is 2.55. The molecule has 4 heteroatoms. The standard InChI is InChI=1S/C17H18ClNO2/c18-12-7-13-19(16-10-5-2-6-11-16)17(20)21-14-15-8-3-1-4-9-15/h1-6,8-11H,7,12-14H2. The molecule has 1 amide bonds. The molecule has 0 bridgehead atoms. The molecule has 110 valence electrons. The maximum Gasteiger partial charge on any atom is 0.414 e. The summed E-state index contributed by atoms with van der Waals surface area (Å²) in [5, 5.41) is 0. The molecule has 0 fully saturated rings. The molecule has 0 atom stereocenters. The number of benzene rings is 2. The highest BCUT2D eigenvalue weighted by molar-refractivity contribution is 6.17. The molecule has 0 radical (unpaired) electrons. The van der Waals surface area contributed by atoms with E-state index in [1.165, 1.54) is 0 Å². The van der Waals surface area contributed by atoms with Crippen LogP contribution in [0.5, 0.6) is 0 Å². The number of anilines is 1. The van der Waals surface area contributed by atoms with Gasteiger partial charge < -0.3 is 4.74 Å². The smallest absolute Gasteiger partial charge is 0.414 e. The van der Waals surface area contributed by atoms with Crippen LogP contribution in [0.4, 0.5) is 10.5 Å². The van der Waals surface area contributed by atoms with Gasteiger partial charge in [-0.15, -0.1) is 11.6 Å². The molecule has 2 aromatic rings. The minimum absolute atomic E-state index is 0.268. The van der Waals surface area contributed by atoms with Crippen LogP contribution < -0.4 is 4.90 Å². The Hall–Kier alpha value is -2.00. The number of ether oxygens (including phenoxy) is 1. The maximum atomic E-state index is 12.3. The SMILES string of the molecule is O=C(OCc1ccccc1)N(CCCCl)c1ccccc1. The summed E-state index contributed by atoms with van der Waals surface area (Å²) in [4.78, 5) is 13.9. The van der Waals surface area contributed by atoms with Crippen LogP contribution in [0.25, 0.3) is 0 Å². The number of para-hydroxylation sites is 1. The van der Waals surface area contributed by atoms with E-state index >= 15 is 0 Å². The lowest BCUT2D eigenvalue weighted by Crippen LogP contribution is -2.32. The summed E-state index contributed by atoms with van der Waals surface area (Å²) in [7, 11) is 0. The number of rotatable bonds is 6. The van der Waals surface area contributed by atoms with Gasteiger partial charge in [-0.3, -0.25) is 4.90 Å². The number of hydrogen-bond acceptors (Lipinski definition) is 2. The van der Waals surface area contributed by atoms with E-state index in [9.17, 15) is 4.79 Å². The third-order valence-electron chi connectivity index (χ3n) is 3.01. The molecule has 21 heavy (non-hydrogen) atoms. The fraction of sp³-hybridized carbons (Fsp3) is 0.235. The van der Waals surface area contributed by atoms with Crippen molar-refractivity contribution in [1.29, 1.82) is 0 Å². The fourth-order valence-corrected chi connectivity index (χ4v) is 2.07. The first-order chi connectivity index (χ1) is 10.3. The molecular formula is C17H18ClNO2. The Morgan fingerprint density at radius 3 is 2.24 bits per heavy atom. The molecule has 0 N–H and O–H groups in total. The van der Waals surface area contributed by atoms with Crippen LogP contribution in [-0.2, 0) is 11.3 Å². The third kappa shape index (κ3) is 4.80. The summed E-state index contributed by atoms with van der Waals surface area (Å²) in [5.41, 5.74) is 1.79. The summed E-state index contributed by atoms with van der Waals surface area (Å²) in [6.07, 6.45) is 0.367. The van der Waals surface area contributed by atoms with Crippen LogP contribution in [0.2, 0.25) is 0 Å². The predicted molar refractivity (Wildman–Crippen MR) is 85.8 cm³/mol. The highest BCUT2D eigenvalue weighted by Crippen LogP contribution is 2.16. The molecule has 0 aliphatic rings. The Bertz CT molecular complexity index is 545. The van der Waals surface area contributed by atoms with Gasteiger partial charge in [0, 0.05) is 18.1 Å². The van der Waals surface area contributed by atoms with E-state index in [-0.39, 0.29) is 12.7 Å². The Kier molecular flexibility index (Phi) is 6.10. The first kappa shape index (κ1) is 15.4. The average molecular weight is 304 g/mol. The Morgan fingerprint density at radius 1 is 1.00 bits per heavy atom. The van der Waals surface area contributed by atoms with Crippen LogP contribution in [0.3, 0.4) is 0 Å². The highest BCUT2D eigenvalue weighted by atomic mass is 35.5. The molecular weight excluding hydrogens is 286 g/mol. The van der Waals surface area contributed by atoms with E-state index in [2.05, 4.69) is 0 Å². The van der Waals surface area contributed by atoms with E-state index in [0.29, 0.717) is 12.4 Å². The van der Waals surface area contributed by atoms with E-state index < -0.39 is 0 Å². The zero-order valence-electron chi connectivity index (χ0n) is 11.7. The van der Waals surface area contributed by atoms with Crippen molar-refractivity contribution < 1.29 is 9.53 Å². The molecule has 3 nitrogen and oxygen atoms in total. The molecule has 0 unspecified atom stereocenters. The second-order valence-electron chi connectivity index (χ2n) is 4.57. The first-order valence-electron chi connectivity index (χ1n) is 6.90. The van der Waals surface area contributed by atoms with Crippen LogP contribution in [-0.4, -0.2) is 18.5 Å². The fourth-order valence-electron chi connectivity index (χ4n) is 1.95. The zero-order valence-corrected chi connectivity index (χ0v) is 12.5. The number of halogens is 1. The van der Waals surface area contributed by atoms with Crippen LogP contribution >= 0.6 is 11.6 Å². The van der Waals surface area contributed by atoms with Gasteiger partial charge in [-0.25, -0.2) is 4.79 Å². The van der Waals surface area contributed by atoms with Gasteiger partial charge in [0.1, 0.15) is 6.61 Å². The summed E-state index contributed by atoms with van der Waals surface area (Å²) in [5.74, 6) is 0.509. The number of hydrogen-bond donors (Lipinski definition) is 0. The summed E-state index contributed by atoms with van der Waals surface area (Å²) < 4.78 is 5.39. The molecule has 0 heterocycles. The van der Waals surface area contributed by atoms with Crippen molar-refractivity contribution in [2.45, 2.75) is 13.0 Å². The van der Waals surface area contributed by atoms with Crippen LogP contribution in [0.15, 0.2) is 60.7 Å². The van der Waals surface area contributed by atoms with Crippen molar-refractivity contribution in [3.8, 4) is 0 Å². The summed E-state index contributed by atoms with van der Waals surface area (Å²) >= 11 is 5.73.